The Labute approximate surface area is 140 Å². The molecule has 6 rings (SSSR count). The second kappa shape index (κ2) is 4.83. The zero-order valence-corrected chi connectivity index (χ0v) is 13.5. The van der Waals surface area contributed by atoms with E-state index in [0.29, 0.717) is 16.7 Å². The van der Waals surface area contributed by atoms with Gasteiger partial charge in [-0.1, -0.05) is 0 Å². The summed E-state index contributed by atoms with van der Waals surface area (Å²) in [6.45, 7) is 0. The number of nitrogens with one attached hydrogen (secondary N) is 2. The molecule has 0 amide bonds. The van der Waals surface area contributed by atoms with Gasteiger partial charge in [0.15, 0.2) is 0 Å². The van der Waals surface area contributed by atoms with Crippen LogP contribution in [0.25, 0.3) is 11.0 Å². The lowest BCUT2D eigenvalue weighted by Crippen LogP contribution is -2.55. The number of hydrogen-bond acceptors (Lipinski definition) is 4. The Hall–Kier alpha value is -2.35. The third-order valence-corrected chi connectivity index (χ3v) is 6.31. The molecular formula is C19H20N4O. The van der Waals surface area contributed by atoms with Crippen LogP contribution in [0.2, 0.25) is 0 Å². The topological polar surface area (TPSA) is 81.6 Å². The lowest BCUT2D eigenvalue weighted by molar-refractivity contribution is 0.0107. The molecule has 0 spiro atoms. The second-order valence-electron chi connectivity index (χ2n) is 8.04. The van der Waals surface area contributed by atoms with Crippen LogP contribution >= 0.6 is 0 Å². The van der Waals surface area contributed by atoms with Crippen molar-refractivity contribution in [2.45, 2.75) is 44.1 Å². The van der Waals surface area contributed by atoms with Crippen LogP contribution in [0.15, 0.2) is 23.1 Å². The molecule has 0 atom stereocenters. The van der Waals surface area contributed by atoms with E-state index in [1.54, 1.807) is 12.3 Å². The van der Waals surface area contributed by atoms with Gasteiger partial charge >= 0.3 is 0 Å². The molecule has 2 heterocycles. The third kappa shape index (κ3) is 1.99. The number of aromatic nitrogens is 2. The summed E-state index contributed by atoms with van der Waals surface area (Å²) in [5.74, 6) is 2.40. The molecule has 0 aromatic carbocycles. The Morgan fingerprint density at radius 1 is 1.21 bits per heavy atom. The van der Waals surface area contributed by atoms with E-state index in [-0.39, 0.29) is 16.7 Å². The van der Waals surface area contributed by atoms with Crippen LogP contribution in [0.4, 0.5) is 5.69 Å². The van der Waals surface area contributed by atoms with E-state index in [0.717, 1.165) is 37.0 Å². The van der Waals surface area contributed by atoms with Gasteiger partial charge in [-0.3, -0.25) is 9.78 Å². The number of anilines is 1. The highest BCUT2D eigenvalue weighted by Crippen LogP contribution is 2.56. The fraction of sp³-hybridized carbons (Fsp3) is 0.526. The molecule has 0 unspecified atom stereocenters. The SMILES string of the molecule is N#Cc1c(NC23CC4CC(CC(C4)C2)C3)c2ncccc2[nH]c1=O. The molecule has 4 saturated carbocycles. The van der Waals surface area contributed by atoms with Gasteiger partial charge in [-0.2, -0.15) is 5.26 Å². The van der Waals surface area contributed by atoms with Crippen molar-refractivity contribution in [3.8, 4) is 6.07 Å². The quantitative estimate of drug-likeness (QED) is 0.890. The minimum atomic E-state index is -0.328. The number of hydrogen-bond donors (Lipinski definition) is 2. The van der Waals surface area contributed by atoms with Gasteiger partial charge in [0.1, 0.15) is 17.1 Å². The molecule has 4 aliphatic rings. The van der Waals surface area contributed by atoms with Gasteiger partial charge in [0.05, 0.1) is 11.2 Å². The third-order valence-electron chi connectivity index (χ3n) is 6.31. The van der Waals surface area contributed by atoms with Gasteiger partial charge in [0.2, 0.25) is 0 Å². The molecule has 2 aromatic heterocycles. The van der Waals surface area contributed by atoms with Crippen LogP contribution in [0.3, 0.4) is 0 Å². The number of nitrogens with zero attached hydrogens (tertiary/aromatic N) is 2. The molecule has 122 valence electrons. The minimum Gasteiger partial charge on any atom is -0.377 e. The number of H-pyrrole nitrogens is 1. The molecular weight excluding hydrogens is 300 g/mol. The Bertz CT molecular complexity index is 888. The first-order valence-electron chi connectivity index (χ1n) is 8.85. The smallest absolute Gasteiger partial charge is 0.268 e. The molecule has 0 saturated heterocycles. The monoisotopic (exact) mass is 320 g/mol. The maximum absolute atomic E-state index is 12.3. The summed E-state index contributed by atoms with van der Waals surface area (Å²) < 4.78 is 0. The van der Waals surface area contributed by atoms with Gasteiger partial charge in [-0.15, -0.1) is 0 Å². The fourth-order valence-electron chi connectivity index (χ4n) is 5.88. The first kappa shape index (κ1) is 14.0. The van der Waals surface area contributed by atoms with E-state index in [9.17, 15) is 10.1 Å². The van der Waals surface area contributed by atoms with Crippen molar-refractivity contribution in [2.75, 3.05) is 5.32 Å². The maximum atomic E-state index is 12.3. The molecule has 4 aliphatic carbocycles. The fourth-order valence-corrected chi connectivity index (χ4v) is 5.88. The molecule has 5 heteroatoms. The molecule has 4 fully saturated rings. The molecule has 24 heavy (non-hydrogen) atoms. The van der Waals surface area contributed by atoms with Crippen molar-refractivity contribution < 1.29 is 0 Å². The van der Waals surface area contributed by atoms with E-state index in [2.05, 4.69) is 21.4 Å². The van der Waals surface area contributed by atoms with Gasteiger partial charge in [-0.05, 0) is 68.4 Å². The normalized spacial score (nSPS) is 33.5. The summed E-state index contributed by atoms with van der Waals surface area (Å²) in [5, 5.41) is 13.2. The Morgan fingerprint density at radius 2 is 1.88 bits per heavy atom. The number of nitriles is 1. The summed E-state index contributed by atoms with van der Waals surface area (Å²) in [6.07, 6.45) is 9.27. The van der Waals surface area contributed by atoms with Gasteiger partial charge in [0.25, 0.3) is 5.56 Å². The predicted molar refractivity (Wildman–Crippen MR) is 91.6 cm³/mol. The standard InChI is InChI=1S/C19H20N4O/c20-10-14-16(17-15(22-18(14)24)2-1-3-21-17)23-19-7-11-4-12(8-19)6-13(5-11)9-19/h1-3,11-13H,4-9H2,(H2,22,23,24). The molecule has 0 aliphatic heterocycles. The first-order valence-corrected chi connectivity index (χ1v) is 8.85. The zero-order valence-electron chi connectivity index (χ0n) is 13.5. The Morgan fingerprint density at radius 3 is 2.50 bits per heavy atom. The summed E-state index contributed by atoms with van der Waals surface area (Å²) in [5.41, 5.74) is 1.90. The van der Waals surface area contributed by atoms with Gasteiger partial charge in [0, 0.05) is 11.7 Å². The summed E-state index contributed by atoms with van der Waals surface area (Å²) in [7, 11) is 0. The zero-order chi connectivity index (χ0) is 16.3. The van der Waals surface area contributed by atoms with Crippen molar-refractivity contribution in [3.05, 3.63) is 34.2 Å². The predicted octanol–water partition coefficient (Wildman–Crippen LogP) is 3.18. The van der Waals surface area contributed by atoms with Crippen LogP contribution < -0.4 is 10.9 Å². The molecule has 4 bridgehead atoms. The molecule has 0 radical (unpaired) electrons. The van der Waals surface area contributed by atoms with Crippen molar-refractivity contribution in [3.63, 3.8) is 0 Å². The molecule has 5 nitrogen and oxygen atoms in total. The van der Waals surface area contributed by atoms with E-state index in [4.69, 9.17) is 0 Å². The van der Waals surface area contributed by atoms with Crippen LogP contribution in [0.5, 0.6) is 0 Å². The van der Waals surface area contributed by atoms with Crippen molar-refractivity contribution in [1.29, 1.82) is 5.26 Å². The highest BCUT2D eigenvalue weighted by atomic mass is 16.1. The number of aromatic amines is 1. The van der Waals surface area contributed by atoms with E-state index >= 15 is 0 Å². The average molecular weight is 320 g/mol. The summed E-state index contributed by atoms with van der Waals surface area (Å²) in [4.78, 5) is 19.5. The Kier molecular flexibility index (Phi) is 2.82. The van der Waals surface area contributed by atoms with E-state index in [1.165, 1.54) is 19.3 Å². The highest BCUT2D eigenvalue weighted by molar-refractivity contribution is 5.90. The van der Waals surface area contributed by atoms with Crippen molar-refractivity contribution in [1.82, 2.24) is 9.97 Å². The molecule has 2 N–H and O–H groups in total. The van der Waals surface area contributed by atoms with E-state index < -0.39 is 0 Å². The van der Waals surface area contributed by atoms with Gasteiger partial charge < -0.3 is 10.3 Å². The maximum Gasteiger partial charge on any atom is 0.268 e. The average Bonchev–Trinajstić information content (AvgIpc) is 2.53. The van der Waals surface area contributed by atoms with Crippen LogP contribution in [0, 0.1) is 29.1 Å². The lowest BCUT2D eigenvalue weighted by atomic mass is 9.53. The Balaban J connectivity index is 1.65. The highest BCUT2D eigenvalue weighted by Gasteiger charge is 2.51. The summed E-state index contributed by atoms with van der Waals surface area (Å²) in [6, 6.07) is 5.74. The summed E-state index contributed by atoms with van der Waals surface area (Å²) >= 11 is 0. The van der Waals surface area contributed by atoms with Crippen molar-refractivity contribution in [2.24, 2.45) is 17.8 Å². The largest absolute Gasteiger partial charge is 0.377 e. The lowest BCUT2D eigenvalue weighted by Gasteiger charge is -2.57. The number of pyridine rings is 2. The van der Waals surface area contributed by atoms with Crippen LogP contribution in [-0.4, -0.2) is 15.5 Å². The van der Waals surface area contributed by atoms with Crippen LogP contribution in [0.1, 0.15) is 44.1 Å². The second-order valence-corrected chi connectivity index (χ2v) is 8.04. The van der Waals surface area contributed by atoms with E-state index in [1.807, 2.05) is 6.07 Å². The number of rotatable bonds is 2. The first-order chi connectivity index (χ1) is 11.7. The van der Waals surface area contributed by atoms with Gasteiger partial charge in [-0.25, -0.2) is 0 Å². The minimum absolute atomic E-state index is 0.0403. The van der Waals surface area contributed by atoms with Crippen molar-refractivity contribution >= 4 is 16.7 Å². The molecule has 2 aromatic rings. The van der Waals surface area contributed by atoms with Crippen LogP contribution in [-0.2, 0) is 0 Å². The number of fused-ring (bicyclic) bond motifs is 1.